The third kappa shape index (κ3) is 3.74. The number of nitrogens with zero attached hydrogens (tertiary/aromatic N) is 1. The van der Waals surface area contributed by atoms with Crippen molar-refractivity contribution in [2.24, 2.45) is 0 Å². The van der Waals surface area contributed by atoms with Crippen molar-refractivity contribution in [1.29, 1.82) is 0 Å². The van der Waals surface area contributed by atoms with Gasteiger partial charge in [0.05, 0.1) is 26.2 Å². The van der Waals surface area contributed by atoms with Gasteiger partial charge in [0.15, 0.2) is 11.6 Å². The highest BCUT2D eigenvalue weighted by molar-refractivity contribution is 5.69. The second-order valence-corrected chi connectivity index (χ2v) is 4.66. The molecule has 1 aromatic rings. The Hall–Kier alpha value is -1.53. The van der Waals surface area contributed by atoms with E-state index in [4.69, 9.17) is 4.74 Å². The summed E-state index contributed by atoms with van der Waals surface area (Å²) in [5, 5.41) is 0. The Bertz CT molecular complexity index is 481. The fourth-order valence-electron chi connectivity index (χ4n) is 2.17. The molecule has 1 saturated heterocycles. The van der Waals surface area contributed by atoms with Gasteiger partial charge in [0, 0.05) is 19.6 Å². The summed E-state index contributed by atoms with van der Waals surface area (Å²) in [4.78, 5) is 13.2. The van der Waals surface area contributed by atoms with Crippen LogP contribution in [0.4, 0.5) is 8.78 Å². The average molecular weight is 285 g/mol. The molecular weight excluding hydrogens is 268 g/mol. The summed E-state index contributed by atoms with van der Waals surface area (Å²) < 4.78 is 36.3. The molecule has 0 aromatic heterocycles. The van der Waals surface area contributed by atoms with Crippen LogP contribution in [-0.4, -0.2) is 44.2 Å². The zero-order valence-electron chi connectivity index (χ0n) is 11.3. The lowest BCUT2D eigenvalue weighted by Crippen LogP contribution is -2.39. The van der Waals surface area contributed by atoms with E-state index in [1.807, 2.05) is 4.90 Å². The molecule has 1 atom stereocenters. The Morgan fingerprint density at radius 2 is 2.25 bits per heavy atom. The van der Waals surface area contributed by atoms with Crippen molar-refractivity contribution in [2.75, 3.05) is 33.4 Å². The van der Waals surface area contributed by atoms with Crippen LogP contribution in [0.5, 0.6) is 0 Å². The van der Waals surface area contributed by atoms with E-state index in [0.29, 0.717) is 38.2 Å². The van der Waals surface area contributed by atoms with Crippen molar-refractivity contribution in [3.8, 4) is 0 Å². The molecule has 1 aliphatic rings. The Morgan fingerprint density at radius 1 is 1.45 bits per heavy atom. The maximum atomic E-state index is 13.2. The zero-order chi connectivity index (χ0) is 14.5. The van der Waals surface area contributed by atoms with Crippen molar-refractivity contribution in [3.05, 3.63) is 35.4 Å². The molecular formula is C14H17F2NO3. The summed E-state index contributed by atoms with van der Waals surface area (Å²) in [6.45, 7) is 2.31. The van der Waals surface area contributed by atoms with Crippen molar-refractivity contribution in [3.63, 3.8) is 0 Å². The second-order valence-electron chi connectivity index (χ2n) is 4.66. The van der Waals surface area contributed by atoms with Crippen LogP contribution < -0.4 is 0 Å². The highest BCUT2D eigenvalue weighted by Gasteiger charge is 2.23. The van der Waals surface area contributed by atoms with Gasteiger partial charge in [0.1, 0.15) is 0 Å². The molecule has 0 saturated carbocycles. The first-order chi connectivity index (χ1) is 9.60. The Balaban J connectivity index is 1.95. The quantitative estimate of drug-likeness (QED) is 0.792. The predicted molar refractivity (Wildman–Crippen MR) is 68.1 cm³/mol. The fraction of sp³-hybridized carbons (Fsp3) is 0.500. The number of hydrogen-bond donors (Lipinski definition) is 0. The summed E-state index contributed by atoms with van der Waals surface area (Å²) in [5.41, 5.74) is 0.603. The molecule has 1 unspecified atom stereocenters. The van der Waals surface area contributed by atoms with Gasteiger partial charge in [-0.3, -0.25) is 9.69 Å². The van der Waals surface area contributed by atoms with Crippen LogP contribution >= 0.6 is 0 Å². The summed E-state index contributed by atoms with van der Waals surface area (Å²) in [5.74, 6) is -2.01. The molecule has 110 valence electrons. The summed E-state index contributed by atoms with van der Waals surface area (Å²) in [7, 11) is 1.35. The molecule has 4 nitrogen and oxygen atoms in total. The number of hydrogen-bond acceptors (Lipinski definition) is 4. The molecule has 20 heavy (non-hydrogen) atoms. The molecule has 0 aliphatic carbocycles. The first-order valence-corrected chi connectivity index (χ1v) is 6.46. The summed E-state index contributed by atoms with van der Waals surface area (Å²) in [6, 6.07) is 3.78. The molecule has 0 N–H and O–H groups in total. The van der Waals surface area contributed by atoms with E-state index in [-0.39, 0.29) is 12.1 Å². The first-order valence-electron chi connectivity index (χ1n) is 6.46. The number of ether oxygens (including phenoxy) is 2. The molecule has 1 aromatic carbocycles. The Labute approximate surface area is 116 Å². The molecule has 0 radical (unpaired) electrons. The minimum atomic E-state index is -0.877. The van der Waals surface area contributed by atoms with Crippen LogP contribution in [-0.2, 0) is 14.3 Å². The van der Waals surface area contributed by atoms with Crippen LogP contribution in [0.15, 0.2) is 18.2 Å². The number of rotatable bonds is 4. The molecule has 1 heterocycles. The smallest absolute Gasteiger partial charge is 0.306 e. The monoisotopic (exact) mass is 285 g/mol. The molecule has 0 amide bonds. The van der Waals surface area contributed by atoms with Crippen LogP contribution in [0, 0.1) is 11.6 Å². The van der Waals surface area contributed by atoms with Crippen LogP contribution in [0.25, 0.3) is 0 Å². The van der Waals surface area contributed by atoms with Crippen LogP contribution in [0.3, 0.4) is 0 Å². The van der Waals surface area contributed by atoms with Gasteiger partial charge in [-0.05, 0) is 17.7 Å². The molecule has 2 rings (SSSR count). The van der Waals surface area contributed by atoms with Gasteiger partial charge in [0.25, 0.3) is 0 Å². The number of methoxy groups -OCH3 is 1. The number of benzene rings is 1. The molecule has 1 aliphatic heterocycles. The summed E-state index contributed by atoms with van der Waals surface area (Å²) in [6.07, 6.45) is -0.00225. The number of halogens is 2. The van der Waals surface area contributed by atoms with Crippen molar-refractivity contribution >= 4 is 5.97 Å². The van der Waals surface area contributed by atoms with Crippen molar-refractivity contribution < 1.29 is 23.0 Å². The zero-order valence-corrected chi connectivity index (χ0v) is 11.3. The lowest BCUT2D eigenvalue weighted by atomic mass is 10.1. The lowest BCUT2D eigenvalue weighted by molar-refractivity contribution is -0.141. The second kappa shape index (κ2) is 6.76. The van der Waals surface area contributed by atoms with E-state index in [2.05, 4.69) is 4.74 Å². The maximum Gasteiger partial charge on any atom is 0.306 e. The standard InChI is InChI=1S/C14H17F2NO3/c1-19-14(18)4-5-17-6-7-20-13(9-17)10-2-3-11(15)12(16)8-10/h2-3,8,13H,4-7,9H2,1H3. The number of carbonyl (C=O) groups excluding carboxylic acids is 1. The van der Waals surface area contributed by atoms with E-state index in [9.17, 15) is 13.6 Å². The normalized spacial score (nSPS) is 19.9. The third-order valence-electron chi connectivity index (χ3n) is 3.33. The van der Waals surface area contributed by atoms with E-state index >= 15 is 0 Å². The minimum Gasteiger partial charge on any atom is -0.469 e. The maximum absolute atomic E-state index is 13.2. The molecule has 1 fully saturated rings. The molecule has 0 bridgehead atoms. The van der Waals surface area contributed by atoms with Gasteiger partial charge in [-0.25, -0.2) is 8.78 Å². The third-order valence-corrected chi connectivity index (χ3v) is 3.33. The largest absolute Gasteiger partial charge is 0.469 e. The van der Waals surface area contributed by atoms with E-state index in [1.54, 1.807) is 0 Å². The first kappa shape index (κ1) is 14.9. The average Bonchev–Trinajstić information content (AvgIpc) is 2.48. The van der Waals surface area contributed by atoms with E-state index < -0.39 is 11.6 Å². The van der Waals surface area contributed by atoms with Gasteiger partial charge in [0.2, 0.25) is 0 Å². The molecule has 0 spiro atoms. The van der Waals surface area contributed by atoms with E-state index in [1.165, 1.54) is 13.2 Å². The van der Waals surface area contributed by atoms with Gasteiger partial charge >= 0.3 is 5.97 Å². The number of carbonyl (C=O) groups is 1. The SMILES string of the molecule is COC(=O)CCN1CCOC(c2ccc(F)c(F)c2)C1. The van der Waals surface area contributed by atoms with Gasteiger partial charge in [-0.2, -0.15) is 0 Å². The predicted octanol–water partition coefficient (Wildman–Crippen LogP) is 1.90. The topological polar surface area (TPSA) is 38.8 Å². The van der Waals surface area contributed by atoms with Gasteiger partial charge < -0.3 is 9.47 Å². The van der Waals surface area contributed by atoms with Crippen molar-refractivity contribution in [2.45, 2.75) is 12.5 Å². The van der Waals surface area contributed by atoms with Gasteiger partial charge in [-0.15, -0.1) is 0 Å². The minimum absolute atomic E-state index is 0.263. The molecule has 6 heteroatoms. The highest BCUT2D eigenvalue weighted by atomic mass is 19.2. The fourth-order valence-corrected chi connectivity index (χ4v) is 2.17. The Kier molecular flexibility index (Phi) is 5.03. The van der Waals surface area contributed by atoms with Gasteiger partial charge in [-0.1, -0.05) is 6.07 Å². The lowest BCUT2D eigenvalue weighted by Gasteiger charge is -2.32. The van der Waals surface area contributed by atoms with Crippen LogP contribution in [0.1, 0.15) is 18.1 Å². The highest BCUT2D eigenvalue weighted by Crippen LogP contribution is 2.23. The van der Waals surface area contributed by atoms with E-state index in [0.717, 1.165) is 12.1 Å². The Morgan fingerprint density at radius 3 is 2.95 bits per heavy atom. The van der Waals surface area contributed by atoms with Crippen LogP contribution in [0.2, 0.25) is 0 Å². The summed E-state index contributed by atoms with van der Waals surface area (Å²) >= 11 is 0. The van der Waals surface area contributed by atoms with Crippen molar-refractivity contribution in [1.82, 2.24) is 4.90 Å². The number of esters is 1. The number of morpholine rings is 1.